The molecular formula is C16H24ClN3O2. The van der Waals surface area contributed by atoms with E-state index in [-0.39, 0.29) is 24.2 Å². The summed E-state index contributed by atoms with van der Waals surface area (Å²) < 4.78 is 0. The van der Waals surface area contributed by atoms with Crippen molar-refractivity contribution < 1.29 is 9.59 Å². The second-order valence-corrected chi connectivity index (χ2v) is 5.42. The van der Waals surface area contributed by atoms with Gasteiger partial charge in [0.25, 0.3) is 5.91 Å². The molecule has 0 radical (unpaired) electrons. The van der Waals surface area contributed by atoms with Gasteiger partial charge in [-0.15, -0.1) is 12.4 Å². The molecule has 122 valence electrons. The molecule has 22 heavy (non-hydrogen) atoms. The lowest BCUT2D eigenvalue weighted by Gasteiger charge is -2.26. The minimum Gasteiger partial charge on any atom is -0.355 e. The molecule has 2 amide bonds. The normalized spacial score (nSPS) is 20.1. The molecule has 1 heterocycles. The Bertz CT molecular complexity index is 511. The molecule has 1 saturated heterocycles. The molecule has 1 atom stereocenters. The van der Waals surface area contributed by atoms with Crippen molar-refractivity contribution in [2.45, 2.75) is 38.3 Å². The number of hydrogen-bond donors (Lipinski definition) is 3. The van der Waals surface area contributed by atoms with Crippen molar-refractivity contribution in [3.05, 3.63) is 35.4 Å². The first-order chi connectivity index (χ1) is 10.1. The molecule has 1 aromatic rings. The molecule has 0 aromatic heterocycles. The third-order valence-electron chi connectivity index (χ3n) is 4.18. The lowest BCUT2D eigenvalue weighted by molar-refractivity contribution is -0.127. The Morgan fingerprint density at radius 1 is 1.27 bits per heavy atom. The highest BCUT2D eigenvalue weighted by Gasteiger charge is 2.38. The van der Waals surface area contributed by atoms with Crippen LogP contribution < -0.4 is 16.0 Å². The van der Waals surface area contributed by atoms with Gasteiger partial charge in [-0.05, 0) is 43.5 Å². The van der Waals surface area contributed by atoms with Gasteiger partial charge < -0.3 is 16.0 Å². The number of amides is 2. The van der Waals surface area contributed by atoms with Gasteiger partial charge in [-0.25, -0.2) is 0 Å². The molecule has 1 aromatic carbocycles. The van der Waals surface area contributed by atoms with Crippen LogP contribution in [0.25, 0.3) is 0 Å². The first-order valence-corrected chi connectivity index (χ1v) is 7.45. The summed E-state index contributed by atoms with van der Waals surface area (Å²) in [7, 11) is 1.61. The fourth-order valence-electron chi connectivity index (χ4n) is 2.73. The third kappa shape index (κ3) is 3.99. The van der Waals surface area contributed by atoms with Gasteiger partial charge in [0.05, 0.1) is 5.54 Å². The number of halogens is 1. The number of benzene rings is 1. The molecular weight excluding hydrogens is 302 g/mol. The van der Waals surface area contributed by atoms with Crippen LogP contribution in [0.4, 0.5) is 0 Å². The van der Waals surface area contributed by atoms with Crippen molar-refractivity contribution in [2.75, 3.05) is 13.6 Å². The Labute approximate surface area is 137 Å². The molecule has 6 heteroatoms. The third-order valence-corrected chi connectivity index (χ3v) is 4.18. The monoisotopic (exact) mass is 325 g/mol. The van der Waals surface area contributed by atoms with Crippen molar-refractivity contribution in [1.29, 1.82) is 0 Å². The molecule has 1 aliphatic rings. The van der Waals surface area contributed by atoms with Crippen LogP contribution in [0, 0.1) is 0 Å². The second kappa shape index (κ2) is 8.15. The Balaban J connectivity index is 0.00000242. The molecule has 5 nitrogen and oxygen atoms in total. The Kier molecular flexibility index (Phi) is 6.84. The number of carbonyl (C=O) groups is 2. The highest BCUT2D eigenvalue weighted by molar-refractivity contribution is 5.94. The molecule has 1 fully saturated rings. The zero-order valence-corrected chi connectivity index (χ0v) is 13.9. The Hall–Kier alpha value is -1.59. The average molecular weight is 326 g/mol. The van der Waals surface area contributed by atoms with E-state index < -0.39 is 5.54 Å². The summed E-state index contributed by atoms with van der Waals surface area (Å²) in [4.78, 5) is 23.8. The fourth-order valence-corrected chi connectivity index (χ4v) is 2.73. The van der Waals surface area contributed by atoms with Crippen molar-refractivity contribution >= 4 is 24.2 Å². The largest absolute Gasteiger partial charge is 0.355 e. The zero-order valence-electron chi connectivity index (χ0n) is 13.1. The Morgan fingerprint density at radius 2 is 1.95 bits per heavy atom. The van der Waals surface area contributed by atoms with E-state index in [0.717, 1.165) is 31.4 Å². The first-order valence-electron chi connectivity index (χ1n) is 7.45. The molecule has 0 aliphatic carbocycles. The van der Waals surface area contributed by atoms with E-state index in [4.69, 9.17) is 0 Å². The lowest BCUT2D eigenvalue weighted by atomic mass is 9.93. The summed E-state index contributed by atoms with van der Waals surface area (Å²) in [6.07, 6.45) is 2.74. The van der Waals surface area contributed by atoms with Crippen LogP contribution in [0.2, 0.25) is 0 Å². The summed E-state index contributed by atoms with van der Waals surface area (Å²) in [5.41, 5.74) is 1.21. The Morgan fingerprint density at radius 3 is 2.45 bits per heavy atom. The van der Waals surface area contributed by atoms with Gasteiger partial charge in [-0.2, -0.15) is 0 Å². The molecule has 0 saturated carbocycles. The molecule has 0 spiro atoms. The highest BCUT2D eigenvalue weighted by Crippen LogP contribution is 2.23. The van der Waals surface area contributed by atoms with Crippen LogP contribution in [0.1, 0.15) is 42.1 Å². The van der Waals surface area contributed by atoms with Crippen LogP contribution >= 0.6 is 12.4 Å². The first kappa shape index (κ1) is 18.5. The van der Waals surface area contributed by atoms with E-state index >= 15 is 0 Å². The van der Waals surface area contributed by atoms with Crippen molar-refractivity contribution in [3.8, 4) is 0 Å². The molecule has 3 N–H and O–H groups in total. The maximum atomic E-state index is 12.4. The number of hydrogen-bond acceptors (Lipinski definition) is 3. The number of rotatable bonds is 5. The summed E-state index contributed by atoms with van der Waals surface area (Å²) in [5, 5.41) is 8.90. The van der Waals surface area contributed by atoms with Crippen molar-refractivity contribution in [3.63, 3.8) is 0 Å². The van der Waals surface area contributed by atoms with Crippen LogP contribution in [0.5, 0.6) is 0 Å². The molecule has 0 bridgehead atoms. The predicted molar refractivity (Wildman–Crippen MR) is 89.2 cm³/mol. The summed E-state index contributed by atoms with van der Waals surface area (Å²) in [6, 6.07) is 7.27. The van der Waals surface area contributed by atoms with Crippen LogP contribution in [-0.2, 0) is 11.3 Å². The quantitative estimate of drug-likeness (QED) is 0.770. The molecule has 1 unspecified atom stereocenters. The van der Waals surface area contributed by atoms with E-state index in [1.807, 2.05) is 19.1 Å². The van der Waals surface area contributed by atoms with Gasteiger partial charge >= 0.3 is 0 Å². The smallest absolute Gasteiger partial charge is 0.251 e. The highest BCUT2D eigenvalue weighted by atomic mass is 35.5. The summed E-state index contributed by atoms with van der Waals surface area (Å²) in [6.45, 7) is 3.43. The second-order valence-electron chi connectivity index (χ2n) is 5.42. The predicted octanol–water partition coefficient (Wildman–Crippen LogP) is 1.62. The minimum atomic E-state index is -0.401. The summed E-state index contributed by atoms with van der Waals surface area (Å²) >= 11 is 0. The summed E-state index contributed by atoms with van der Waals surface area (Å²) in [5.74, 6) is -0.0384. The van der Waals surface area contributed by atoms with Gasteiger partial charge in [-0.1, -0.05) is 19.1 Å². The van der Waals surface area contributed by atoms with Gasteiger partial charge in [0.1, 0.15) is 0 Å². The van der Waals surface area contributed by atoms with Gasteiger partial charge in [0.2, 0.25) is 5.91 Å². The van der Waals surface area contributed by atoms with Gasteiger partial charge in [-0.3, -0.25) is 9.59 Å². The van der Waals surface area contributed by atoms with E-state index in [2.05, 4.69) is 16.0 Å². The van der Waals surface area contributed by atoms with E-state index in [1.165, 1.54) is 0 Å². The van der Waals surface area contributed by atoms with E-state index in [9.17, 15) is 9.59 Å². The minimum absolute atomic E-state index is 0. The molecule has 1 aliphatic heterocycles. The van der Waals surface area contributed by atoms with Gasteiger partial charge in [0.15, 0.2) is 0 Å². The number of carbonyl (C=O) groups excluding carboxylic acids is 2. The fraction of sp³-hybridized carbons (Fsp3) is 0.500. The van der Waals surface area contributed by atoms with Crippen LogP contribution in [0.3, 0.4) is 0 Å². The lowest BCUT2D eigenvalue weighted by Crippen LogP contribution is -2.52. The number of nitrogens with one attached hydrogen (secondary N) is 3. The van der Waals surface area contributed by atoms with Crippen molar-refractivity contribution in [1.82, 2.24) is 16.0 Å². The average Bonchev–Trinajstić information content (AvgIpc) is 3.02. The maximum absolute atomic E-state index is 12.4. The van der Waals surface area contributed by atoms with Gasteiger partial charge in [0, 0.05) is 19.2 Å². The van der Waals surface area contributed by atoms with E-state index in [1.54, 1.807) is 19.2 Å². The van der Waals surface area contributed by atoms with Crippen LogP contribution in [0.15, 0.2) is 24.3 Å². The topological polar surface area (TPSA) is 70.2 Å². The maximum Gasteiger partial charge on any atom is 0.251 e. The molecule has 2 rings (SSSR count). The van der Waals surface area contributed by atoms with Crippen LogP contribution in [-0.4, -0.2) is 30.9 Å². The SMILES string of the molecule is CCC1(C(=O)NCc2ccc(C(=O)NC)cc2)CCCN1.Cl. The zero-order chi connectivity index (χ0) is 15.3. The van der Waals surface area contributed by atoms with E-state index in [0.29, 0.717) is 12.1 Å². The standard InChI is InChI=1S/C16H23N3O2.ClH/c1-3-16(9-4-10-19-16)15(21)18-11-12-5-7-13(8-6-12)14(20)17-2;/h5-8,19H,3-4,9-11H2,1-2H3,(H,17,20)(H,18,21);1H. The van der Waals surface area contributed by atoms with Crippen molar-refractivity contribution in [2.24, 2.45) is 0 Å².